The minimum absolute atomic E-state index is 0.677. The molecular weight excluding hydrogens is 585 g/mol. The maximum Gasteiger partial charge on any atom is 0.119 e. The highest BCUT2D eigenvalue weighted by Gasteiger charge is 2.03. The molecule has 0 fully saturated rings. The first-order valence-corrected chi connectivity index (χ1v) is 17.3. The van der Waals surface area contributed by atoms with E-state index in [1.165, 1.54) is 84.6 Å². The van der Waals surface area contributed by atoms with Crippen LogP contribution < -0.4 is 9.47 Å². The number of hydrogen-bond acceptors (Lipinski definition) is 2. The molecule has 238 valence electrons. The Bertz CT molecular complexity index is 2270. The monoisotopic (exact) mass is 626 g/mol. The fourth-order valence-corrected chi connectivity index (χ4v) is 6.38. The molecule has 7 aromatic rings. The predicted octanol–water partition coefficient (Wildman–Crippen LogP) is 13.0. The molecule has 0 bridgehead atoms. The minimum Gasteiger partial charge on any atom is -0.494 e. The van der Waals surface area contributed by atoms with Crippen molar-refractivity contribution in [1.82, 2.24) is 0 Å². The van der Waals surface area contributed by atoms with Crippen LogP contribution in [0.4, 0.5) is 0 Å². The second-order valence-corrected chi connectivity index (χ2v) is 12.6. The molecule has 0 saturated carbocycles. The van der Waals surface area contributed by atoms with Gasteiger partial charge < -0.3 is 9.47 Å². The van der Waals surface area contributed by atoms with Gasteiger partial charge in [-0.1, -0.05) is 111 Å². The first-order chi connectivity index (χ1) is 23.6. The van der Waals surface area contributed by atoms with E-state index in [-0.39, 0.29) is 0 Å². The Morgan fingerprint density at radius 1 is 0.375 bits per heavy atom. The molecule has 0 radical (unpaired) electrons. The molecule has 7 rings (SSSR count). The summed E-state index contributed by atoms with van der Waals surface area (Å²) in [6.45, 7) is 5.71. The van der Waals surface area contributed by atoms with Crippen molar-refractivity contribution in [3.8, 4) is 11.5 Å². The van der Waals surface area contributed by atoms with Crippen molar-refractivity contribution in [2.45, 2.75) is 39.5 Å². The van der Waals surface area contributed by atoms with E-state index >= 15 is 0 Å². The van der Waals surface area contributed by atoms with Crippen molar-refractivity contribution in [2.75, 3.05) is 13.2 Å². The number of benzene rings is 7. The summed E-state index contributed by atoms with van der Waals surface area (Å²) in [6.07, 6.45) is 13.7. The fraction of sp³-hybridized carbons (Fsp3) is 0.174. The van der Waals surface area contributed by atoms with Gasteiger partial charge in [-0.05, 0) is 139 Å². The highest BCUT2D eigenvalue weighted by Crippen LogP contribution is 2.28. The van der Waals surface area contributed by atoms with E-state index in [4.69, 9.17) is 9.47 Å². The summed E-state index contributed by atoms with van der Waals surface area (Å²) in [5.74, 6) is 1.87. The van der Waals surface area contributed by atoms with Crippen LogP contribution in [0.25, 0.3) is 67.4 Å². The molecule has 0 N–H and O–H groups in total. The van der Waals surface area contributed by atoms with Crippen LogP contribution in [0.5, 0.6) is 11.5 Å². The van der Waals surface area contributed by atoms with Gasteiger partial charge in [0.2, 0.25) is 0 Å². The van der Waals surface area contributed by atoms with Crippen LogP contribution in [-0.4, -0.2) is 13.2 Å². The molecule has 7 aromatic carbocycles. The van der Waals surface area contributed by atoms with Crippen molar-refractivity contribution in [1.29, 1.82) is 0 Å². The lowest BCUT2D eigenvalue weighted by atomic mass is 9.99. The Kier molecular flexibility index (Phi) is 9.52. The van der Waals surface area contributed by atoms with Gasteiger partial charge in [-0.15, -0.1) is 0 Å². The van der Waals surface area contributed by atoms with Crippen molar-refractivity contribution in [3.63, 3.8) is 0 Å². The van der Waals surface area contributed by atoms with Gasteiger partial charge in [0.15, 0.2) is 0 Å². The van der Waals surface area contributed by atoms with Crippen LogP contribution in [0, 0.1) is 0 Å². The Morgan fingerprint density at radius 2 is 0.771 bits per heavy atom. The predicted molar refractivity (Wildman–Crippen MR) is 208 cm³/mol. The molecular formula is C46H42O2. The molecule has 0 atom stereocenters. The van der Waals surface area contributed by atoms with Crippen LogP contribution in [0.15, 0.2) is 121 Å². The number of ether oxygens (including phenoxy) is 2. The Hall–Kier alpha value is -5.34. The molecule has 0 spiro atoms. The van der Waals surface area contributed by atoms with Crippen LogP contribution in [0.3, 0.4) is 0 Å². The molecule has 0 aromatic heterocycles. The lowest BCUT2D eigenvalue weighted by molar-refractivity contribution is 0.305. The first-order valence-electron chi connectivity index (χ1n) is 17.3. The van der Waals surface area contributed by atoms with E-state index in [9.17, 15) is 0 Å². The van der Waals surface area contributed by atoms with Crippen molar-refractivity contribution < 1.29 is 9.47 Å². The molecule has 0 aliphatic heterocycles. The van der Waals surface area contributed by atoms with Crippen LogP contribution in [-0.2, 0) is 0 Å². The Morgan fingerprint density at radius 3 is 1.23 bits per heavy atom. The van der Waals surface area contributed by atoms with Gasteiger partial charge in [-0.25, -0.2) is 0 Å². The summed E-state index contributed by atoms with van der Waals surface area (Å²) in [7, 11) is 0. The van der Waals surface area contributed by atoms with Gasteiger partial charge in [0.05, 0.1) is 13.2 Å². The third kappa shape index (κ3) is 7.45. The number of hydrogen-bond donors (Lipinski definition) is 0. The molecule has 0 aliphatic rings. The molecule has 0 amide bonds. The van der Waals surface area contributed by atoms with Gasteiger partial charge in [-0.2, -0.15) is 0 Å². The van der Waals surface area contributed by atoms with Crippen molar-refractivity contribution in [3.05, 3.63) is 144 Å². The van der Waals surface area contributed by atoms with Gasteiger partial charge in [0.25, 0.3) is 0 Å². The summed E-state index contributed by atoms with van der Waals surface area (Å²) in [5, 5.41) is 9.82. The molecule has 2 heteroatoms. The third-order valence-corrected chi connectivity index (χ3v) is 9.03. The number of unbranched alkanes of at least 4 members (excludes halogenated alkanes) is 3. The topological polar surface area (TPSA) is 18.5 Å². The highest BCUT2D eigenvalue weighted by molar-refractivity contribution is 6.00. The zero-order valence-electron chi connectivity index (χ0n) is 27.9. The zero-order valence-corrected chi connectivity index (χ0v) is 27.9. The van der Waals surface area contributed by atoms with Crippen LogP contribution >= 0.6 is 0 Å². The van der Waals surface area contributed by atoms with E-state index < -0.39 is 0 Å². The average molecular weight is 627 g/mol. The van der Waals surface area contributed by atoms with E-state index in [0.29, 0.717) is 6.61 Å². The normalized spacial score (nSPS) is 11.9. The Labute approximate surface area is 283 Å². The summed E-state index contributed by atoms with van der Waals surface area (Å²) < 4.78 is 11.6. The average Bonchev–Trinajstić information content (AvgIpc) is 3.12. The molecule has 48 heavy (non-hydrogen) atoms. The van der Waals surface area contributed by atoms with Gasteiger partial charge >= 0.3 is 0 Å². The zero-order chi connectivity index (χ0) is 32.7. The number of fused-ring (bicyclic) bond motifs is 4. The summed E-state index contributed by atoms with van der Waals surface area (Å²) in [5.41, 5.74) is 4.75. The van der Waals surface area contributed by atoms with E-state index in [1.807, 2.05) is 13.0 Å². The molecule has 0 heterocycles. The van der Waals surface area contributed by atoms with Crippen molar-refractivity contribution in [2.24, 2.45) is 0 Å². The highest BCUT2D eigenvalue weighted by atomic mass is 16.5. The van der Waals surface area contributed by atoms with E-state index in [0.717, 1.165) is 24.5 Å². The molecule has 0 aliphatic carbocycles. The molecule has 0 unspecified atom stereocenters. The SMILES string of the molecule is CCCCCCOc1ccc2cc(/C=C/c3ccc4cc5cc(/C=C/c6ccc7cc(OCC)ccc7c6)ccc5cc4c3)ccc2c1. The lowest BCUT2D eigenvalue weighted by Gasteiger charge is -2.08. The lowest BCUT2D eigenvalue weighted by Crippen LogP contribution is -1.97. The standard InChI is InChI=1S/C46H42O2/c1-3-5-6-7-24-48-46-23-21-38-26-34(15-19-42(38)32-46)9-11-36-13-17-40-29-43-27-35(12-16-39(43)30-44(40)28-36)10-8-33-14-18-41-31-45(47-4-2)22-20-37(41)25-33/h8-23,25-32H,3-7,24H2,1-2H3/b10-8+,11-9+. The van der Waals surface area contributed by atoms with Crippen molar-refractivity contribution >= 4 is 67.4 Å². The molecule has 0 saturated heterocycles. The first kappa shape index (κ1) is 31.3. The van der Waals surface area contributed by atoms with Gasteiger partial charge in [-0.3, -0.25) is 0 Å². The minimum atomic E-state index is 0.677. The largest absolute Gasteiger partial charge is 0.494 e. The summed E-state index contributed by atoms with van der Waals surface area (Å²) in [4.78, 5) is 0. The van der Waals surface area contributed by atoms with Crippen LogP contribution in [0.1, 0.15) is 61.8 Å². The summed E-state index contributed by atoms with van der Waals surface area (Å²) in [6, 6.07) is 43.9. The fourth-order valence-electron chi connectivity index (χ4n) is 6.38. The third-order valence-electron chi connectivity index (χ3n) is 9.03. The van der Waals surface area contributed by atoms with Crippen LogP contribution in [0.2, 0.25) is 0 Å². The van der Waals surface area contributed by atoms with Gasteiger partial charge in [0, 0.05) is 0 Å². The summed E-state index contributed by atoms with van der Waals surface area (Å²) >= 11 is 0. The Balaban J connectivity index is 1.04. The quantitative estimate of drug-likeness (QED) is 0.0763. The number of rotatable bonds is 12. The second kappa shape index (κ2) is 14.6. The maximum absolute atomic E-state index is 5.99. The smallest absolute Gasteiger partial charge is 0.119 e. The molecule has 2 nitrogen and oxygen atoms in total. The van der Waals surface area contributed by atoms with E-state index in [2.05, 4.69) is 146 Å². The maximum atomic E-state index is 5.99. The van der Waals surface area contributed by atoms with E-state index in [1.54, 1.807) is 0 Å². The van der Waals surface area contributed by atoms with Gasteiger partial charge in [0.1, 0.15) is 11.5 Å². The second-order valence-electron chi connectivity index (χ2n) is 12.6.